The highest BCUT2D eigenvalue weighted by Crippen LogP contribution is 2.10. The summed E-state index contributed by atoms with van der Waals surface area (Å²) in [5, 5.41) is 0. The Morgan fingerprint density at radius 2 is 1.75 bits per heavy atom. The number of piperazine rings is 1. The summed E-state index contributed by atoms with van der Waals surface area (Å²) < 4.78 is 5.13. The first-order valence-electron chi connectivity index (χ1n) is 9.40. The summed E-state index contributed by atoms with van der Waals surface area (Å²) in [4.78, 5) is 46.2. The van der Waals surface area contributed by atoms with Crippen LogP contribution < -0.4 is 0 Å². The normalized spacial score (nSPS) is 14.0. The zero-order chi connectivity index (χ0) is 19.9. The second-order valence-electron chi connectivity index (χ2n) is 6.55. The zero-order valence-corrected chi connectivity index (χ0v) is 15.9. The molecule has 3 amide bonds. The smallest absolute Gasteiger partial charge is 0.312 e. The quantitative estimate of drug-likeness (QED) is 0.719. The van der Waals surface area contributed by atoms with Gasteiger partial charge in [0.2, 0.25) is 0 Å². The number of amides is 3. The molecule has 1 aliphatic rings. The molecule has 1 fully saturated rings. The molecule has 0 spiro atoms. The fourth-order valence-electron chi connectivity index (χ4n) is 3.16. The third-order valence-corrected chi connectivity index (χ3v) is 4.86. The molecule has 0 aromatic carbocycles. The molecular weight excluding hydrogens is 360 g/mol. The Morgan fingerprint density at radius 1 is 1.07 bits per heavy atom. The summed E-state index contributed by atoms with van der Waals surface area (Å²) in [6.45, 7) is 4.22. The van der Waals surface area contributed by atoms with Crippen molar-refractivity contribution >= 4 is 17.7 Å². The van der Waals surface area contributed by atoms with Crippen LogP contribution in [0.3, 0.4) is 0 Å². The zero-order valence-electron chi connectivity index (χ0n) is 15.9. The van der Waals surface area contributed by atoms with Crippen molar-refractivity contribution < 1.29 is 18.8 Å². The van der Waals surface area contributed by atoms with Crippen molar-refractivity contribution in [2.24, 2.45) is 0 Å². The lowest BCUT2D eigenvalue weighted by Gasteiger charge is -2.34. The number of hydrogen-bond acceptors (Lipinski definition) is 5. The van der Waals surface area contributed by atoms with Gasteiger partial charge in [0.15, 0.2) is 5.76 Å². The van der Waals surface area contributed by atoms with Gasteiger partial charge >= 0.3 is 11.8 Å². The molecule has 8 nitrogen and oxygen atoms in total. The SMILES string of the molecule is CCN(CCc1ccncc1)C(=O)C(=O)N1CCN(C(=O)c2ccco2)CC1. The van der Waals surface area contributed by atoms with Crippen LogP contribution in [0.1, 0.15) is 23.0 Å². The van der Waals surface area contributed by atoms with E-state index in [-0.39, 0.29) is 11.7 Å². The van der Waals surface area contributed by atoms with E-state index in [1.807, 2.05) is 19.1 Å². The van der Waals surface area contributed by atoms with Gasteiger partial charge in [0.25, 0.3) is 5.91 Å². The van der Waals surface area contributed by atoms with Gasteiger partial charge in [-0.05, 0) is 43.2 Å². The van der Waals surface area contributed by atoms with E-state index in [2.05, 4.69) is 4.98 Å². The lowest BCUT2D eigenvalue weighted by Crippen LogP contribution is -2.54. The third-order valence-electron chi connectivity index (χ3n) is 4.86. The highest BCUT2D eigenvalue weighted by molar-refractivity contribution is 6.34. The highest BCUT2D eigenvalue weighted by Gasteiger charge is 2.31. The summed E-state index contributed by atoms with van der Waals surface area (Å²) in [7, 11) is 0. The minimum atomic E-state index is -0.512. The number of nitrogens with zero attached hydrogens (tertiary/aromatic N) is 4. The monoisotopic (exact) mass is 384 g/mol. The van der Waals surface area contributed by atoms with E-state index in [0.29, 0.717) is 45.7 Å². The molecule has 8 heteroatoms. The Morgan fingerprint density at radius 3 is 2.36 bits per heavy atom. The molecule has 0 aliphatic carbocycles. The Balaban J connectivity index is 1.51. The van der Waals surface area contributed by atoms with Gasteiger partial charge in [-0.15, -0.1) is 0 Å². The summed E-state index contributed by atoms with van der Waals surface area (Å²) in [5.41, 5.74) is 1.07. The number of hydrogen-bond donors (Lipinski definition) is 0. The van der Waals surface area contributed by atoms with E-state index >= 15 is 0 Å². The fraction of sp³-hybridized carbons (Fsp3) is 0.400. The topological polar surface area (TPSA) is 87.0 Å². The van der Waals surface area contributed by atoms with Gasteiger partial charge in [-0.25, -0.2) is 0 Å². The van der Waals surface area contributed by atoms with Crippen molar-refractivity contribution in [3.05, 3.63) is 54.2 Å². The maximum absolute atomic E-state index is 12.6. The van der Waals surface area contributed by atoms with Crippen LogP contribution in [0.2, 0.25) is 0 Å². The van der Waals surface area contributed by atoms with Gasteiger partial charge in [-0.2, -0.15) is 0 Å². The van der Waals surface area contributed by atoms with Gasteiger partial charge in [0, 0.05) is 51.7 Å². The van der Waals surface area contributed by atoms with Crippen LogP contribution in [0.15, 0.2) is 47.3 Å². The lowest BCUT2D eigenvalue weighted by molar-refractivity contribution is -0.152. The molecule has 0 unspecified atom stereocenters. The molecule has 3 rings (SSSR count). The van der Waals surface area contributed by atoms with Crippen molar-refractivity contribution in [2.75, 3.05) is 39.3 Å². The third kappa shape index (κ3) is 4.57. The van der Waals surface area contributed by atoms with Crippen LogP contribution in [0.5, 0.6) is 0 Å². The molecular formula is C20H24N4O4. The first-order valence-corrected chi connectivity index (χ1v) is 9.40. The number of rotatable bonds is 5. The number of furan rings is 1. The first kappa shape index (κ1) is 19.6. The number of aromatic nitrogens is 1. The minimum Gasteiger partial charge on any atom is -0.459 e. The molecule has 0 radical (unpaired) electrons. The van der Waals surface area contributed by atoms with Crippen LogP contribution in [-0.4, -0.2) is 76.7 Å². The minimum absolute atomic E-state index is 0.198. The summed E-state index contributed by atoms with van der Waals surface area (Å²) >= 11 is 0. The molecule has 148 valence electrons. The number of carbonyl (C=O) groups excluding carboxylic acids is 3. The Bertz CT molecular complexity index is 799. The average molecular weight is 384 g/mol. The number of carbonyl (C=O) groups is 3. The largest absolute Gasteiger partial charge is 0.459 e. The van der Waals surface area contributed by atoms with E-state index in [9.17, 15) is 14.4 Å². The second-order valence-corrected chi connectivity index (χ2v) is 6.55. The van der Waals surface area contributed by atoms with Gasteiger partial charge < -0.3 is 19.1 Å². The van der Waals surface area contributed by atoms with E-state index in [0.717, 1.165) is 5.56 Å². The summed E-state index contributed by atoms with van der Waals surface area (Å²) in [6, 6.07) is 7.08. The predicted octanol–water partition coefficient (Wildman–Crippen LogP) is 1.05. The van der Waals surface area contributed by atoms with Crippen LogP contribution in [0.4, 0.5) is 0 Å². The maximum Gasteiger partial charge on any atom is 0.312 e. The molecule has 28 heavy (non-hydrogen) atoms. The molecule has 3 heterocycles. The molecule has 0 bridgehead atoms. The Kier molecular flexibility index (Phi) is 6.41. The van der Waals surface area contributed by atoms with Crippen LogP contribution in [0.25, 0.3) is 0 Å². The van der Waals surface area contributed by atoms with E-state index in [1.165, 1.54) is 11.2 Å². The van der Waals surface area contributed by atoms with Crippen LogP contribution in [0, 0.1) is 0 Å². The molecule has 0 saturated carbocycles. The predicted molar refractivity (Wildman–Crippen MR) is 101 cm³/mol. The lowest BCUT2D eigenvalue weighted by atomic mass is 10.2. The van der Waals surface area contributed by atoms with E-state index in [4.69, 9.17) is 4.42 Å². The van der Waals surface area contributed by atoms with Crippen LogP contribution in [-0.2, 0) is 16.0 Å². The van der Waals surface area contributed by atoms with Gasteiger partial charge in [0.05, 0.1) is 6.26 Å². The summed E-state index contributed by atoms with van der Waals surface area (Å²) in [6.07, 6.45) is 5.54. The van der Waals surface area contributed by atoms with Crippen LogP contribution >= 0.6 is 0 Å². The standard InChI is InChI=1S/C20H24N4O4/c1-2-22(10-7-16-5-8-21-9-6-16)19(26)20(27)24-13-11-23(12-14-24)18(25)17-4-3-15-28-17/h3-6,8-9,15H,2,7,10-14H2,1H3. The van der Waals surface area contributed by atoms with Crippen molar-refractivity contribution in [3.8, 4) is 0 Å². The first-order chi connectivity index (χ1) is 13.6. The van der Waals surface area contributed by atoms with E-state index in [1.54, 1.807) is 34.3 Å². The van der Waals surface area contributed by atoms with Crippen molar-refractivity contribution in [1.29, 1.82) is 0 Å². The van der Waals surface area contributed by atoms with Crippen molar-refractivity contribution in [3.63, 3.8) is 0 Å². The Hall–Kier alpha value is -3.16. The molecule has 2 aromatic heterocycles. The van der Waals surface area contributed by atoms with Gasteiger partial charge in [-0.1, -0.05) is 0 Å². The van der Waals surface area contributed by atoms with Gasteiger partial charge in [0.1, 0.15) is 0 Å². The fourth-order valence-corrected chi connectivity index (χ4v) is 3.16. The summed E-state index contributed by atoms with van der Waals surface area (Å²) in [5.74, 6) is -0.927. The van der Waals surface area contributed by atoms with E-state index < -0.39 is 11.8 Å². The average Bonchev–Trinajstić information content (AvgIpc) is 3.29. The second kappa shape index (κ2) is 9.16. The molecule has 2 aromatic rings. The number of pyridine rings is 1. The Labute approximate surface area is 163 Å². The molecule has 0 atom stereocenters. The van der Waals surface area contributed by atoms with Gasteiger partial charge in [-0.3, -0.25) is 19.4 Å². The molecule has 1 aliphatic heterocycles. The maximum atomic E-state index is 12.6. The highest BCUT2D eigenvalue weighted by atomic mass is 16.3. The molecule has 1 saturated heterocycles. The number of likely N-dealkylation sites (N-methyl/N-ethyl adjacent to an activating group) is 1. The van der Waals surface area contributed by atoms with Crippen molar-refractivity contribution in [1.82, 2.24) is 19.7 Å². The van der Waals surface area contributed by atoms with Crippen molar-refractivity contribution in [2.45, 2.75) is 13.3 Å². The molecule has 0 N–H and O–H groups in total.